The Balaban J connectivity index is 1.38. The first-order chi connectivity index (χ1) is 18.3. The summed E-state index contributed by atoms with van der Waals surface area (Å²) in [5.41, 5.74) is 12.5. The van der Waals surface area contributed by atoms with Crippen molar-refractivity contribution in [1.82, 2.24) is 0 Å². The van der Waals surface area contributed by atoms with Crippen LogP contribution in [0, 0.1) is 0 Å². The van der Waals surface area contributed by atoms with Crippen molar-refractivity contribution in [3.05, 3.63) is 102 Å². The van der Waals surface area contributed by atoms with Crippen LogP contribution >= 0.6 is 0 Å². The summed E-state index contributed by atoms with van der Waals surface area (Å²) in [6.45, 7) is 9.73. The Morgan fingerprint density at radius 1 is 0.658 bits per heavy atom. The second-order valence-corrected chi connectivity index (χ2v) is 12.5. The van der Waals surface area contributed by atoms with Gasteiger partial charge in [-0.15, -0.1) is 0 Å². The van der Waals surface area contributed by atoms with Gasteiger partial charge in [-0.3, -0.25) is 0 Å². The van der Waals surface area contributed by atoms with E-state index in [-0.39, 0.29) is 16.4 Å². The standard InChI is InChI=1S/C36H37NO/c1-34(2)30-14-7-6-13-28(30)29-17-15-24(21-31(29)34)25-16-18-33-32(22-25)35(3)19-8-9-20-36(35,4)37(33)26-11-10-12-27(23-26)38-5/h6-7,10-18,21-23H,8-9,19-20H2,1-5H3. The lowest BCUT2D eigenvalue weighted by Crippen LogP contribution is -2.54. The van der Waals surface area contributed by atoms with Gasteiger partial charge in [0, 0.05) is 28.3 Å². The van der Waals surface area contributed by atoms with Gasteiger partial charge in [-0.05, 0) is 89.0 Å². The van der Waals surface area contributed by atoms with Crippen LogP contribution in [0.15, 0.2) is 84.9 Å². The van der Waals surface area contributed by atoms with Crippen molar-refractivity contribution in [2.45, 2.75) is 69.7 Å². The zero-order chi connectivity index (χ0) is 26.3. The molecule has 0 bridgehead atoms. The van der Waals surface area contributed by atoms with E-state index in [9.17, 15) is 0 Å². The molecular formula is C36H37NO. The van der Waals surface area contributed by atoms with Crippen molar-refractivity contribution in [2.24, 2.45) is 0 Å². The Labute approximate surface area is 227 Å². The van der Waals surface area contributed by atoms with Gasteiger partial charge in [0.05, 0.1) is 12.6 Å². The van der Waals surface area contributed by atoms with Gasteiger partial charge >= 0.3 is 0 Å². The van der Waals surface area contributed by atoms with E-state index in [1.165, 1.54) is 76.0 Å². The highest BCUT2D eigenvalue weighted by atomic mass is 16.5. The average Bonchev–Trinajstić information content (AvgIpc) is 3.29. The normalized spacial score (nSPS) is 24.4. The summed E-state index contributed by atoms with van der Waals surface area (Å²) in [7, 11) is 1.76. The highest BCUT2D eigenvalue weighted by Crippen LogP contribution is 2.61. The molecule has 2 unspecified atom stereocenters. The fourth-order valence-electron chi connectivity index (χ4n) is 7.95. The largest absolute Gasteiger partial charge is 0.497 e. The maximum Gasteiger partial charge on any atom is 0.120 e. The second-order valence-electron chi connectivity index (χ2n) is 12.5. The molecule has 2 aliphatic carbocycles. The highest BCUT2D eigenvalue weighted by molar-refractivity contribution is 5.85. The average molecular weight is 500 g/mol. The summed E-state index contributed by atoms with van der Waals surface area (Å²) in [5, 5.41) is 0. The van der Waals surface area contributed by atoms with E-state index in [2.05, 4.69) is 111 Å². The Bertz CT molecular complexity index is 1580. The van der Waals surface area contributed by atoms with Crippen molar-refractivity contribution >= 4 is 11.4 Å². The predicted molar refractivity (Wildman–Crippen MR) is 159 cm³/mol. The number of benzene rings is 4. The quantitative estimate of drug-likeness (QED) is 0.278. The van der Waals surface area contributed by atoms with Gasteiger partial charge in [0.1, 0.15) is 5.75 Å². The third kappa shape index (κ3) is 3.01. The topological polar surface area (TPSA) is 12.5 Å². The highest BCUT2D eigenvalue weighted by Gasteiger charge is 2.57. The van der Waals surface area contributed by atoms with E-state index >= 15 is 0 Å². The van der Waals surface area contributed by atoms with Crippen LogP contribution in [0.2, 0.25) is 0 Å². The van der Waals surface area contributed by atoms with Gasteiger partial charge in [0.2, 0.25) is 0 Å². The molecule has 2 heteroatoms. The molecule has 1 heterocycles. The third-order valence-corrected chi connectivity index (χ3v) is 10.3. The minimum Gasteiger partial charge on any atom is -0.497 e. The first-order valence-electron chi connectivity index (χ1n) is 14.1. The number of ether oxygens (including phenoxy) is 1. The van der Waals surface area contributed by atoms with Crippen LogP contribution in [-0.2, 0) is 10.8 Å². The van der Waals surface area contributed by atoms with Gasteiger partial charge < -0.3 is 9.64 Å². The Morgan fingerprint density at radius 3 is 2.18 bits per heavy atom. The van der Waals surface area contributed by atoms with Crippen molar-refractivity contribution < 1.29 is 4.74 Å². The fourth-order valence-corrected chi connectivity index (χ4v) is 7.95. The number of fused-ring (bicyclic) bond motifs is 6. The number of hydrogen-bond donors (Lipinski definition) is 0. The molecule has 0 N–H and O–H groups in total. The van der Waals surface area contributed by atoms with Crippen LogP contribution in [0.1, 0.15) is 70.1 Å². The molecule has 0 saturated heterocycles. The minimum absolute atomic E-state index is 0.00967. The van der Waals surface area contributed by atoms with E-state index in [4.69, 9.17) is 4.74 Å². The fraction of sp³-hybridized carbons (Fsp3) is 0.333. The van der Waals surface area contributed by atoms with E-state index in [0.717, 1.165) is 5.75 Å². The molecule has 7 rings (SSSR count). The molecule has 2 nitrogen and oxygen atoms in total. The summed E-state index contributed by atoms with van der Waals surface area (Å²) in [6, 6.07) is 31.9. The van der Waals surface area contributed by atoms with Crippen LogP contribution in [0.4, 0.5) is 11.4 Å². The van der Waals surface area contributed by atoms with Crippen molar-refractivity contribution in [3.8, 4) is 28.0 Å². The first-order valence-corrected chi connectivity index (χ1v) is 14.1. The molecular weight excluding hydrogens is 462 g/mol. The van der Waals surface area contributed by atoms with Crippen LogP contribution in [0.3, 0.4) is 0 Å². The molecule has 0 aromatic heterocycles. The molecule has 1 saturated carbocycles. The summed E-state index contributed by atoms with van der Waals surface area (Å²) in [4.78, 5) is 2.62. The third-order valence-electron chi connectivity index (χ3n) is 10.3. The number of nitrogens with zero attached hydrogens (tertiary/aromatic N) is 1. The maximum atomic E-state index is 5.62. The molecule has 1 aliphatic heterocycles. The Hall–Kier alpha value is -3.52. The molecule has 4 aromatic rings. The monoisotopic (exact) mass is 499 g/mol. The lowest BCUT2D eigenvalue weighted by Gasteiger charge is -2.50. The zero-order valence-corrected chi connectivity index (χ0v) is 23.3. The van der Waals surface area contributed by atoms with Gasteiger partial charge in [-0.1, -0.05) is 82.1 Å². The summed E-state index contributed by atoms with van der Waals surface area (Å²) in [6.07, 6.45) is 4.96. The molecule has 1 fully saturated rings. The van der Waals surface area contributed by atoms with Gasteiger partial charge in [-0.25, -0.2) is 0 Å². The van der Waals surface area contributed by atoms with Crippen LogP contribution < -0.4 is 9.64 Å². The van der Waals surface area contributed by atoms with Gasteiger partial charge in [-0.2, -0.15) is 0 Å². The summed E-state index contributed by atoms with van der Waals surface area (Å²) >= 11 is 0. The van der Waals surface area contributed by atoms with Crippen LogP contribution in [-0.4, -0.2) is 12.6 Å². The van der Waals surface area contributed by atoms with Crippen LogP contribution in [0.25, 0.3) is 22.3 Å². The summed E-state index contributed by atoms with van der Waals surface area (Å²) in [5.74, 6) is 0.912. The van der Waals surface area contributed by atoms with Crippen molar-refractivity contribution in [1.29, 1.82) is 0 Å². The molecule has 0 radical (unpaired) electrons. The minimum atomic E-state index is 0.00967. The Kier molecular flexibility index (Phi) is 4.96. The maximum absolute atomic E-state index is 5.62. The van der Waals surface area contributed by atoms with Crippen molar-refractivity contribution in [3.63, 3.8) is 0 Å². The van der Waals surface area contributed by atoms with E-state index in [1.54, 1.807) is 7.11 Å². The lowest BCUT2D eigenvalue weighted by molar-refractivity contribution is 0.195. The van der Waals surface area contributed by atoms with E-state index < -0.39 is 0 Å². The zero-order valence-electron chi connectivity index (χ0n) is 23.3. The first kappa shape index (κ1) is 23.6. The number of hydrogen-bond acceptors (Lipinski definition) is 2. The molecule has 0 amide bonds. The van der Waals surface area contributed by atoms with Gasteiger partial charge in [0.15, 0.2) is 0 Å². The second kappa shape index (κ2) is 7.99. The molecule has 4 aromatic carbocycles. The smallest absolute Gasteiger partial charge is 0.120 e. The van der Waals surface area contributed by atoms with Crippen molar-refractivity contribution in [2.75, 3.05) is 12.0 Å². The molecule has 2 atom stereocenters. The number of methoxy groups -OCH3 is 1. The predicted octanol–water partition coefficient (Wildman–Crippen LogP) is 9.41. The number of anilines is 2. The lowest BCUT2D eigenvalue weighted by atomic mass is 9.61. The van der Waals surface area contributed by atoms with E-state index in [0.29, 0.717) is 0 Å². The van der Waals surface area contributed by atoms with Gasteiger partial charge in [0.25, 0.3) is 0 Å². The molecule has 3 aliphatic rings. The van der Waals surface area contributed by atoms with Crippen LogP contribution in [0.5, 0.6) is 5.75 Å². The molecule has 0 spiro atoms. The Morgan fingerprint density at radius 2 is 1.37 bits per heavy atom. The molecule has 38 heavy (non-hydrogen) atoms. The number of rotatable bonds is 3. The molecule has 192 valence electrons. The SMILES string of the molecule is COc1cccc(N2c3ccc(-c4ccc5c(c4)C(C)(C)c4ccccc4-5)cc3C3(C)CCCCC23C)c1. The van der Waals surface area contributed by atoms with E-state index in [1.807, 2.05) is 6.07 Å². The summed E-state index contributed by atoms with van der Waals surface area (Å²) < 4.78 is 5.62.